The third-order valence-corrected chi connectivity index (χ3v) is 3.49. The Labute approximate surface area is 89.3 Å². The van der Waals surface area contributed by atoms with E-state index < -0.39 is 0 Å². The van der Waals surface area contributed by atoms with Crippen LogP contribution in [0.4, 0.5) is 0 Å². The van der Waals surface area contributed by atoms with Crippen LogP contribution in [0.2, 0.25) is 0 Å². The molecular weight excluding hydrogens is 191 g/mol. The number of rotatable bonds is 3. The summed E-state index contributed by atoms with van der Waals surface area (Å²) >= 11 is 0. The molecule has 14 heavy (non-hydrogen) atoms. The van der Waals surface area contributed by atoms with E-state index in [-0.39, 0.29) is 0 Å². The number of phenols is 1. The van der Waals surface area contributed by atoms with Crippen molar-refractivity contribution in [1.29, 1.82) is 0 Å². The summed E-state index contributed by atoms with van der Waals surface area (Å²) in [6.45, 7) is 8.43. The Morgan fingerprint density at radius 2 is 1.71 bits per heavy atom. The van der Waals surface area contributed by atoms with Gasteiger partial charge >= 0.3 is 0 Å². The maximum absolute atomic E-state index is 9.09. The zero-order valence-electron chi connectivity index (χ0n) is 9.54. The highest BCUT2D eigenvalue weighted by Crippen LogP contribution is 2.34. The molecule has 0 aromatic heterocycles. The minimum atomic E-state index is 0.355. The summed E-state index contributed by atoms with van der Waals surface area (Å²) in [5.41, 5.74) is 2.02. The van der Waals surface area contributed by atoms with Crippen molar-refractivity contribution >= 4 is 8.58 Å². The van der Waals surface area contributed by atoms with Gasteiger partial charge in [0, 0.05) is 5.66 Å². The Morgan fingerprint density at radius 3 is 2.07 bits per heavy atom. The van der Waals surface area contributed by atoms with Crippen molar-refractivity contribution in [2.75, 3.05) is 6.66 Å². The van der Waals surface area contributed by atoms with Crippen LogP contribution >= 0.6 is 8.58 Å². The smallest absolute Gasteiger partial charge is 0.115 e. The molecule has 0 saturated heterocycles. The Hall–Kier alpha value is -0.550. The van der Waals surface area contributed by atoms with Gasteiger partial charge in [-0.05, 0) is 30.8 Å². The van der Waals surface area contributed by atoms with E-state index >= 15 is 0 Å². The van der Waals surface area contributed by atoms with Crippen LogP contribution < -0.4 is 0 Å². The third-order valence-electron chi connectivity index (χ3n) is 2.05. The van der Waals surface area contributed by atoms with Crippen molar-refractivity contribution in [3.05, 3.63) is 29.8 Å². The fraction of sp³-hybridized carbons (Fsp3) is 0.500. The monoisotopic (exact) mass is 212 g/mol. The molecule has 2 heteroatoms. The number of hydrogen-bond acceptors (Lipinski definition) is 1. The zero-order chi connectivity index (χ0) is 11.0. The van der Waals surface area contributed by atoms with Crippen LogP contribution in [0, 0.1) is 0 Å². The molecule has 0 fully saturated rings. The highest BCUT2D eigenvalue weighted by molar-refractivity contribution is 7.37. The van der Waals surface area contributed by atoms with Crippen LogP contribution in [0.1, 0.15) is 38.4 Å². The van der Waals surface area contributed by atoms with Crippen molar-refractivity contribution in [2.45, 2.75) is 32.9 Å². The minimum Gasteiger partial charge on any atom is -0.508 e. The fourth-order valence-corrected chi connectivity index (χ4v) is 2.25. The molecule has 0 amide bonds. The molecular formula is C12H21OP. The van der Waals surface area contributed by atoms with Gasteiger partial charge in [0.05, 0.1) is 0 Å². The Balaban J connectivity index is 0.000000791. The van der Waals surface area contributed by atoms with Crippen LogP contribution in [0.25, 0.3) is 0 Å². The van der Waals surface area contributed by atoms with Gasteiger partial charge in [0.1, 0.15) is 5.75 Å². The first-order valence-corrected chi connectivity index (χ1v) is 6.82. The summed E-state index contributed by atoms with van der Waals surface area (Å²) in [6, 6.07) is 7.55. The molecule has 2 atom stereocenters. The van der Waals surface area contributed by atoms with Crippen molar-refractivity contribution in [2.24, 2.45) is 0 Å². The summed E-state index contributed by atoms with van der Waals surface area (Å²) in [5.74, 6) is 0.355. The van der Waals surface area contributed by atoms with E-state index in [1.807, 2.05) is 26.0 Å². The van der Waals surface area contributed by atoms with E-state index in [4.69, 9.17) is 5.11 Å². The van der Waals surface area contributed by atoms with Gasteiger partial charge in [-0.15, -0.1) is 8.58 Å². The van der Waals surface area contributed by atoms with Crippen molar-refractivity contribution < 1.29 is 5.11 Å². The first-order valence-electron chi connectivity index (χ1n) is 5.24. The van der Waals surface area contributed by atoms with Gasteiger partial charge in [0.2, 0.25) is 0 Å². The van der Waals surface area contributed by atoms with E-state index in [9.17, 15) is 0 Å². The Bertz CT molecular complexity index is 227. The molecule has 0 radical (unpaired) electrons. The summed E-state index contributed by atoms with van der Waals surface area (Å²) in [4.78, 5) is 0. The normalized spacial score (nSPS) is 12.3. The molecule has 0 aliphatic heterocycles. The van der Waals surface area contributed by atoms with Crippen LogP contribution in [-0.2, 0) is 0 Å². The van der Waals surface area contributed by atoms with E-state index in [1.54, 1.807) is 12.1 Å². The van der Waals surface area contributed by atoms with Gasteiger partial charge in [-0.1, -0.05) is 32.9 Å². The second-order valence-electron chi connectivity index (χ2n) is 2.84. The van der Waals surface area contributed by atoms with E-state index in [1.165, 1.54) is 12.0 Å². The second-order valence-corrected chi connectivity index (χ2v) is 4.12. The van der Waals surface area contributed by atoms with Gasteiger partial charge in [-0.2, -0.15) is 0 Å². The molecule has 0 spiro atoms. The van der Waals surface area contributed by atoms with Crippen LogP contribution in [-0.4, -0.2) is 11.8 Å². The van der Waals surface area contributed by atoms with Crippen LogP contribution in [0.3, 0.4) is 0 Å². The lowest BCUT2D eigenvalue weighted by Gasteiger charge is -2.12. The molecule has 2 unspecified atom stereocenters. The van der Waals surface area contributed by atoms with Crippen LogP contribution in [0.15, 0.2) is 24.3 Å². The lowest BCUT2D eigenvalue weighted by molar-refractivity contribution is 0.475. The Morgan fingerprint density at radius 1 is 1.21 bits per heavy atom. The summed E-state index contributed by atoms with van der Waals surface area (Å²) in [7, 11) is 0.941. The summed E-state index contributed by atoms with van der Waals surface area (Å²) < 4.78 is 0. The van der Waals surface area contributed by atoms with Gasteiger partial charge in [-0.25, -0.2) is 0 Å². The van der Waals surface area contributed by atoms with Crippen molar-refractivity contribution in [3.8, 4) is 5.75 Å². The third kappa shape index (κ3) is 4.11. The van der Waals surface area contributed by atoms with E-state index in [0.29, 0.717) is 11.4 Å². The summed E-state index contributed by atoms with van der Waals surface area (Å²) in [5, 5.41) is 9.09. The molecule has 1 N–H and O–H groups in total. The van der Waals surface area contributed by atoms with Gasteiger partial charge < -0.3 is 5.11 Å². The average molecular weight is 212 g/mol. The maximum Gasteiger partial charge on any atom is 0.115 e. The molecule has 1 aromatic rings. The predicted octanol–water partition coefficient (Wildman–Crippen LogP) is 4.18. The minimum absolute atomic E-state index is 0.355. The largest absolute Gasteiger partial charge is 0.508 e. The molecule has 0 aliphatic carbocycles. The first kappa shape index (κ1) is 13.4. The Kier molecular flexibility index (Phi) is 7.51. The fourth-order valence-electron chi connectivity index (χ4n) is 1.31. The number of aromatic hydroxyl groups is 1. The maximum atomic E-state index is 9.09. The quantitative estimate of drug-likeness (QED) is 0.745. The first-order chi connectivity index (χ1) is 6.77. The van der Waals surface area contributed by atoms with Gasteiger partial charge in [-0.3, -0.25) is 0 Å². The van der Waals surface area contributed by atoms with Gasteiger partial charge in [0.15, 0.2) is 0 Å². The standard InChI is InChI=1S/C10H15OP.C2H6/c1-3-10(12-2)8-4-6-9(11)7-5-8;1-2/h4-7,10-12H,3H2,1-2H3;1-2H3. The zero-order valence-corrected chi connectivity index (χ0v) is 10.5. The number of benzene rings is 1. The number of hydrogen-bond donors (Lipinski definition) is 1. The average Bonchev–Trinajstić information content (AvgIpc) is 2.25. The predicted molar refractivity (Wildman–Crippen MR) is 66.7 cm³/mol. The van der Waals surface area contributed by atoms with E-state index in [0.717, 1.165) is 8.58 Å². The summed E-state index contributed by atoms with van der Waals surface area (Å²) in [6.07, 6.45) is 1.18. The molecule has 0 saturated carbocycles. The lowest BCUT2D eigenvalue weighted by Crippen LogP contribution is -1.88. The molecule has 80 valence electrons. The highest BCUT2D eigenvalue weighted by Gasteiger charge is 2.05. The van der Waals surface area contributed by atoms with E-state index in [2.05, 4.69) is 13.6 Å². The molecule has 1 rings (SSSR count). The van der Waals surface area contributed by atoms with Gasteiger partial charge in [0.25, 0.3) is 0 Å². The molecule has 0 aliphatic rings. The SMILES string of the molecule is CC.CCC(PC)c1ccc(O)cc1. The molecule has 0 bridgehead atoms. The topological polar surface area (TPSA) is 20.2 Å². The molecule has 1 nitrogen and oxygen atoms in total. The van der Waals surface area contributed by atoms with Crippen molar-refractivity contribution in [1.82, 2.24) is 0 Å². The van der Waals surface area contributed by atoms with Crippen LogP contribution in [0.5, 0.6) is 5.75 Å². The molecule has 1 aromatic carbocycles. The van der Waals surface area contributed by atoms with Crippen molar-refractivity contribution in [3.63, 3.8) is 0 Å². The second kappa shape index (κ2) is 7.82. The lowest BCUT2D eigenvalue weighted by atomic mass is 10.1. The number of phenolic OH excluding ortho intramolecular Hbond substituents is 1. The highest BCUT2D eigenvalue weighted by atomic mass is 31.1. The molecule has 0 heterocycles.